The molecule has 3 rings (SSSR count). The van der Waals surface area contributed by atoms with Crippen LogP contribution >= 0.6 is 0 Å². The largest absolute Gasteiger partial charge is 0.371 e. The summed E-state index contributed by atoms with van der Waals surface area (Å²) in [6.07, 6.45) is 1.03. The molecule has 150 valence electrons. The lowest BCUT2D eigenvalue weighted by atomic mass is 10.1. The molecule has 0 atom stereocenters. The fraction of sp³-hybridized carbons (Fsp3) is 0.381. The molecule has 1 N–H and O–H groups in total. The summed E-state index contributed by atoms with van der Waals surface area (Å²) in [5, 5.41) is 2.91. The maximum Gasteiger partial charge on any atom is 0.255 e. The molecule has 6 nitrogen and oxygen atoms in total. The Morgan fingerprint density at radius 1 is 1.18 bits per heavy atom. The highest BCUT2D eigenvalue weighted by atomic mass is 32.2. The minimum Gasteiger partial charge on any atom is -0.371 e. The Morgan fingerprint density at radius 3 is 2.46 bits per heavy atom. The molecular formula is C21H27N3O3S. The van der Waals surface area contributed by atoms with Crippen molar-refractivity contribution in [2.24, 2.45) is 0 Å². The number of nitrogens with zero attached hydrogens (tertiary/aromatic N) is 2. The fourth-order valence-electron chi connectivity index (χ4n) is 3.28. The zero-order valence-corrected chi connectivity index (χ0v) is 17.6. The monoisotopic (exact) mass is 401 g/mol. The topological polar surface area (TPSA) is 69.7 Å². The van der Waals surface area contributed by atoms with Crippen molar-refractivity contribution in [1.29, 1.82) is 0 Å². The van der Waals surface area contributed by atoms with Crippen molar-refractivity contribution in [2.75, 3.05) is 30.4 Å². The molecule has 0 saturated carbocycles. The van der Waals surface area contributed by atoms with Crippen molar-refractivity contribution in [3.8, 4) is 0 Å². The molecule has 2 aromatic rings. The first-order valence-electron chi connectivity index (χ1n) is 9.51. The van der Waals surface area contributed by atoms with Gasteiger partial charge in [-0.05, 0) is 69.2 Å². The number of sulfonamides is 1. The van der Waals surface area contributed by atoms with Gasteiger partial charge in [0.1, 0.15) is 0 Å². The van der Waals surface area contributed by atoms with E-state index >= 15 is 0 Å². The predicted molar refractivity (Wildman–Crippen MR) is 113 cm³/mol. The van der Waals surface area contributed by atoms with Gasteiger partial charge in [-0.2, -0.15) is 4.31 Å². The Kier molecular flexibility index (Phi) is 5.76. The molecule has 1 heterocycles. The van der Waals surface area contributed by atoms with Crippen LogP contribution in [0.4, 0.5) is 11.4 Å². The summed E-state index contributed by atoms with van der Waals surface area (Å²) in [6, 6.07) is 11.9. The molecule has 0 bridgehead atoms. The van der Waals surface area contributed by atoms with Crippen LogP contribution in [0.1, 0.15) is 36.7 Å². The Hall–Kier alpha value is -2.38. The summed E-state index contributed by atoms with van der Waals surface area (Å²) in [4.78, 5) is 15.0. The van der Waals surface area contributed by atoms with Crippen LogP contribution in [-0.2, 0) is 16.4 Å². The second-order valence-corrected chi connectivity index (χ2v) is 9.26. The Bertz CT molecular complexity index is 969. The highest BCUT2D eigenvalue weighted by Crippen LogP contribution is 2.30. The van der Waals surface area contributed by atoms with E-state index in [1.165, 1.54) is 27.7 Å². The zero-order chi connectivity index (χ0) is 20.5. The number of carbonyl (C=O) groups excluding carboxylic acids is 1. The summed E-state index contributed by atoms with van der Waals surface area (Å²) in [7, 11) is -2.01. The van der Waals surface area contributed by atoms with E-state index in [9.17, 15) is 13.2 Å². The van der Waals surface area contributed by atoms with Crippen LogP contribution in [0, 0.1) is 0 Å². The van der Waals surface area contributed by atoms with Gasteiger partial charge in [0.15, 0.2) is 0 Å². The lowest BCUT2D eigenvalue weighted by molar-refractivity contribution is 0.102. The van der Waals surface area contributed by atoms with Gasteiger partial charge in [-0.1, -0.05) is 6.07 Å². The van der Waals surface area contributed by atoms with Gasteiger partial charge in [0.25, 0.3) is 5.91 Å². The van der Waals surface area contributed by atoms with E-state index in [0.717, 1.165) is 25.2 Å². The number of nitrogens with one attached hydrogen (secondary N) is 1. The van der Waals surface area contributed by atoms with E-state index in [1.54, 1.807) is 19.2 Å². The molecule has 0 fully saturated rings. The molecule has 28 heavy (non-hydrogen) atoms. The molecule has 1 aliphatic rings. The first-order valence-corrected chi connectivity index (χ1v) is 11.0. The Labute approximate surface area is 167 Å². The molecule has 0 aromatic heterocycles. The smallest absolute Gasteiger partial charge is 0.255 e. The highest BCUT2D eigenvalue weighted by molar-refractivity contribution is 7.89. The lowest BCUT2D eigenvalue weighted by Crippen LogP contribution is -2.33. The summed E-state index contributed by atoms with van der Waals surface area (Å²) in [5.41, 5.74) is 3.61. The van der Waals surface area contributed by atoms with Crippen molar-refractivity contribution in [2.45, 2.75) is 38.1 Å². The second kappa shape index (κ2) is 7.93. The molecule has 7 heteroatoms. The minimum absolute atomic E-state index is 0.143. The normalized spacial score (nSPS) is 13.9. The van der Waals surface area contributed by atoms with Crippen molar-refractivity contribution in [3.63, 3.8) is 0 Å². The summed E-state index contributed by atoms with van der Waals surface area (Å²) < 4.78 is 26.4. The molecular weight excluding hydrogens is 374 g/mol. The zero-order valence-electron chi connectivity index (χ0n) is 16.8. The molecule has 1 amide bonds. The van der Waals surface area contributed by atoms with Gasteiger partial charge in [-0.3, -0.25) is 4.79 Å². The number of benzene rings is 2. The van der Waals surface area contributed by atoms with Crippen LogP contribution in [-0.4, -0.2) is 44.8 Å². The maximum absolute atomic E-state index is 12.6. The molecule has 0 radical (unpaired) electrons. The van der Waals surface area contributed by atoms with Crippen LogP contribution in [0.3, 0.4) is 0 Å². The van der Waals surface area contributed by atoms with Gasteiger partial charge in [0, 0.05) is 43.1 Å². The Balaban J connectivity index is 1.76. The number of anilines is 2. The van der Waals surface area contributed by atoms with Crippen LogP contribution in [0.25, 0.3) is 0 Å². The SMILES string of the molecule is CCN1CCc2ccc(NC(=O)c3ccc(S(=O)(=O)N(C)C(C)C)cc3)cc21. The van der Waals surface area contributed by atoms with Gasteiger partial charge in [-0.25, -0.2) is 8.42 Å². The van der Waals surface area contributed by atoms with Crippen molar-refractivity contribution in [1.82, 2.24) is 4.31 Å². The number of amides is 1. The summed E-state index contributed by atoms with van der Waals surface area (Å²) >= 11 is 0. The standard InChI is InChI=1S/C21H27N3O3S/c1-5-24-13-12-16-6-9-18(14-20(16)24)22-21(25)17-7-10-19(11-8-17)28(26,27)23(4)15(2)3/h6-11,14-15H,5,12-13H2,1-4H3,(H,22,25). The van der Waals surface area contributed by atoms with Crippen LogP contribution < -0.4 is 10.2 Å². The molecule has 0 aliphatic carbocycles. The third-order valence-electron chi connectivity index (χ3n) is 5.24. The van der Waals surface area contributed by atoms with Crippen LogP contribution in [0.15, 0.2) is 47.4 Å². The van der Waals surface area contributed by atoms with Gasteiger partial charge >= 0.3 is 0 Å². The molecule has 0 unspecified atom stereocenters. The third kappa shape index (κ3) is 3.91. The first-order chi connectivity index (χ1) is 13.2. The molecule has 2 aromatic carbocycles. The fourth-order valence-corrected chi connectivity index (χ4v) is 4.64. The number of rotatable bonds is 6. The maximum atomic E-state index is 12.6. The van der Waals surface area contributed by atoms with E-state index in [1.807, 2.05) is 26.0 Å². The Morgan fingerprint density at radius 2 is 1.86 bits per heavy atom. The van der Waals surface area contributed by atoms with Crippen LogP contribution in [0.2, 0.25) is 0 Å². The van der Waals surface area contributed by atoms with Crippen molar-refractivity contribution in [3.05, 3.63) is 53.6 Å². The van der Waals surface area contributed by atoms with Crippen molar-refractivity contribution >= 4 is 27.3 Å². The lowest BCUT2D eigenvalue weighted by Gasteiger charge is -2.21. The molecule has 0 spiro atoms. The van der Waals surface area contributed by atoms with Crippen molar-refractivity contribution < 1.29 is 13.2 Å². The molecule has 0 saturated heterocycles. The molecule has 1 aliphatic heterocycles. The van der Waals surface area contributed by atoms with E-state index in [-0.39, 0.29) is 16.8 Å². The van der Waals surface area contributed by atoms with E-state index < -0.39 is 10.0 Å². The van der Waals surface area contributed by atoms with E-state index in [2.05, 4.69) is 23.2 Å². The van der Waals surface area contributed by atoms with E-state index in [0.29, 0.717) is 5.56 Å². The quantitative estimate of drug-likeness (QED) is 0.806. The third-order valence-corrected chi connectivity index (χ3v) is 7.29. The predicted octanol–water partition coefficient (Wildman–Crippen LogP) is 3.35. The average Bonchev–Trinajstić information content (AvgIpc) is 3.09. The van der Waals surface area contributed by atoms with Gasteiger partial charge in [0.05, 0.1) is 4.90 Å². The van der Waals surface area contributed by atoms with Gasteiger partial charge in [-0.15, -0.1) is 0 Å². The van der Waals surface area contributed by atoms with Gasteiger partial charge in [0.2, 0.25) is 10.0 Å². The number of fused-ring (bicyclic) bond motifs is 1. The number of likely N-dealkylation sites (N-methyl/N-ethyl adjacent to an activating group) is 1. The summed E-state index contributed by atoms with van der Waals surface area (Å²) in [6.45, 7) is 7.69. The van der Waals surface area contributed by atoms with E-state index in [4.69, 9.17) is 0 Å². The van der Waals surface area contributed by atoms with Crippen LogP contribution in [0.5, 0.6) is 0 Å². The summed E-state index contributed by atoms with van der Waals surface area (Å²) in [5.74, 6) is -0.262. The number of carbonyl (C=O) groups is 1. The minimum atomic E-state index is -3.56. The number of hydrogen-bond acceptors (Lipinski definition) is 4. The second-order valence-electron chi connectivity index (χ2n) is 7.27. The average molecular weight is 402 g/mol. The number of hydrogen-bond donors (Lipinski definition) is 1. The van der Waals surface area contributed by atoms with Gasteiger partial charge < -0.3 is 10.2 Å². The first kappa shape index (κ1) is 20.4. The highest BCUT2D eigenvalue weighted by Gasteiger charge is 2.23.